The molecular weight excluding hydrogens is 284 g/mol. The van der Waals surface area contributed by atoms with Crippen LogP contribution in [0.2, 0.25) is 0 Å². The minimum atomic E-state index is -0.505. The molecule has 0 saturated carbocycles. The molecule has 2 heterocycles. The number of aliphatic hydroxyl groups is 1. The molecule has 2 rings (SSSR count). The molecule has 0 radical (unpaired) electrons. The standard InChI is InChI=1S/C17H30O5/c1-17(2)20-13-15(22-17)10-9-14(7-3-5-11-18)21-16-8-4-6-12-19-16/h9-10,14-16,18H,3-8,11-13H2,1-2H3/b10-9+/t14?,15-,16?/m0/s1. The Balaban J connectivity index is 1.82. The molecule has 0 bridgehead atoms. The molecule has 0 aromatic carbocycles. The topological polar surface area (TPSA) is 57.2 Å². The summed E-state index contributed by atoms with van der Waals surface area (Å²) in [5.74, 6) is -0.505. The van der Waals surface area contributed by atoms with Gasteiger partial charge in [0.25, 0.3) is 0 Å². The monoisotopic (exact) mass is 314 g/mol. The molecule has 128 valence electrons. The van der Waals surface area contributed by atoms with Crippen LogP contribution in [0, 0.1) is 0 Å². The number of hydrogen-bond acceptors (Lipinski definition) is 5. The van der Waals surface area contributed by atoms with E-state index in [1.54, 1.807) is 0 Å². The highest BCUT2D eigenvalue weighted by molar-refractivity contribution is 4.97. The Kier molecular flexibility index (Phi) is 7.31. The summed E-state index contributed by atoms with van der Waals surface area (Å²) in [6, 6.07) is 0. The maximum atomic E-state index is 8.94. The molecule has 3 atom stereocenters. The smallest absolute Gasteiger partial charge is 0.163 e. The summed E-state index contributed by atoms with van der Waals surface area (Å²) in [5.41, 5.74) is 0. The fraction of sp³-hybridized carbons (Fsp3) is 0.882. The molecule has 0 amide bonds. The van der Waals surface area contributed by atoms with E-state index < -0.39 is 5.79 Å². The molecule has 22 heavy (non-hydrogen) atoms. The van der Waals surface area contributed by atoms with Crippen molar-refractivity contribution in [1.29, 1.82) is 0 Å². The van der Waals surface area contributed by atoms with Gasteiger partial charge in [0.2, 0.25) is 0 Å². The summed E-state index contributed by atoms with van der Waals surface area (Å²) in [4.78, 5) is 0. The molecule has 0 spiro atoms. The van der Waals surface area contributed by atoms with Crippen molar-refractivity contribution >= 4 is 0 Å². The predicted octanol–water partition coefficient (Wildman–Crippen LogP) is 2.77. The summed E-state index contributed by atoms with van der Waals surface area (Å²) >= 11 is 0. The number of unbranched alkanes of at least 4 members (excludes halogenated alkanes) is 1. The molecule has 2 saturated heterocycles. The van der Waals surface area contributed by atoms with Crippen molar-refractivity contribution in [3.63, 3.8) is 0 Å². The zero-order chi connectivity index (χ0) is 15.8. The first-order valence-electron chi connectivity index (χ1n) is 8.47. The summed E-state index contributed by atoms with van der Waals surface area (Å²) < 4.78 is 23.1. The third-order valence-electron chi connectivity index (χ3n) is 3.93. The summed E-state index contributed by atoms with van der Waals surface area (Å²) in [6.07, 6.45) is 9.82. The lowest BCUT2D eigenvalue weighted by Gasteiger charge is -2.26. The van der Waals surface area contributed by atoms with E-state index >= 15 is 0 Å². The van der Waals surface area contributed by atoms with Crippen molar-refractivity contribution in [3.05, 3.63) is 12.2 Å². The van der Waals surface area contributed by atoms with Gasteiger partial charge in [-0.05, 0) is 52.4 Å². The van der Waals surface area contributed by atoms with Gasteiger partial charge < -0.3 is 24.1 Å². The van der Waals surface area contributed by atoms with E-state index in [0.29, 0.717) is 6.61 Å². The van der Waals surface area contributed by atoms with Crippen molar-refractivity contribution in [3.8, 4) is 0 Å². The van der Waals surface area contributed by atoms with Gasteiger partial charge in [-0.1, -0.05) is 12.2 Å². The summed E-state index contributed by atoms with van der Waals surface area (Å²) in [5, 5.41) is 8.94. The van der Waals surface area contributed by atoms with Crippen LogP contribution in [0.4, 0.5) is 0 Å². The molecule has 2 unspecified atom stereocenters. The minimum Gasteiger partial charge on any atom is -0.396 e. The van der Waals surface area contributed by atoms with E-state index in [1.807, 2.05) is 19.9 Å². The summed E-state index contributed by atoms with van der Waals surface area (Å²) in [7, 11) is 0. The van der Waals surface area contributed by atoms with Crippen LogP contribution in [-0.2, 0) is 18.9 Å². The third kappa shape index (κ3) is 6.34. The van der Waals surface area contributed by atoms with Gasteiger partial charge in [0.15, 0.2) is 12.1 Å². The zero-order valence-corrected chi connectivity index (χ0v) is 13.8. The average molecular weight is 314 g/mol. The second-order valence-corrected chi connectivity index (χ2v) is 6.44. The normalized spacial score (nSPS) is 30.0. The lowest BCUT2D eigenvalue weighted by molar-refractivity contribution is -0.179. The largest absolute Gasteiger partial charge is 0.396 e. The first-order chi connectivity index (χ1) is 10.6. The van der Waals surface area contributed by atoms with Crippen LogP contribution in [0.1, 0.15) is 52.4 Å². The van der Waals surface area contributed by atoms with Gasteiger partial charge in [0, 0.05) is 13.2 Å². The fourth-order valence-electron chi connectivity index (χ4n) is 2.74. The highest BCUT2D eigenvalue weighted by Gasteiger charge is 2.31. The van der Waals surface area contributed by atoms with Crippen molar-refractivity contribution in [2.75, 3.05) is 19.8 Å². The SMILES string of the molecule is CC1(C)OC[C@H](/C=C/C(CCCCO)OC2CCCCO2)O1. The molecule has 1 N–H and O–H groups in total. The third-order valence-corrected chi connectivity index (χ3v) is 3.93. The molecule has 5 heteroatoms. The second kappa shape index (κ2) is 8.99. The van der Waals surface area contributed by atoms with Crippen LogP contribution >= 0.6 is 0 Å². The van der Waals surface area contributed by atoms with E-state index in [9.17, 15) is 0 Å². The number of rotatable bonds is 8. The van der Waals surface area contributed by atoms with E-state index in [4.69, 9.17) is 24.1 Å². The Labute approximate surface area is 133 Å². The Hall–Kier alpha value is -0.460. The maximum Gasteiger partial charge on any atom is 0.163 e. The molecule has 0 aromatic rings. The van der Waals surface area contributed by atoms with E-state index in [-0.39, 0.29) is 25.1 Å². The van der Waals surface area contributed by atoms with Crippen molar-refractivity contribution in [1.82, 2.24) is 0 Å². The Morgan fingerprint density at radius 2 is 2.18 bits per heavy atom. The fourth-order valence-corrected chi connectivity index (χ4v) is 2.74. The van der Waals surface area contributed by atoms with Gasteiger partial charge in [0.1, 0.15) is 6.10 Å². The van der Waals surface area contributed by atoms with Crippen LogP contribution in [0.25, 0.3) is 0 Å². The first-order valence-corrected chi connectivity index (χ1v) is 8.47. The van der Waals surface area contributed by atoms with Crippen molar-refractivity contribution in [2.45, 2.75) is 76.7 Å². The van der Waals surface area contributed by atoms with Crippen molar-refractivity contribution in [2.24, 2.45) is 0 Å². The van der Waals surface area contributed by atoms with Gasteiger partial charge in [-0.25, -0.2) is 0 Å². The van der Waals surface area contributed by atoms with Crippen LogP contribution in [-0.4, -0.2) is 49.2 Å². The summed E-state index contributed by atoms with van der Waals surface area (Å²) in [6.45, 7) is 5.43. The Morgan fingerprint density at radius 1 is 1.32 bits per heavy atom. The van der Waals surface area contributed by atoms with Crippen LogP contribution < -0.4 is 0 Å². The number of aliphatic hydroxyl groups excluding tert-OH is 1. The second-order valence-electron chi connectivity index (χ2n) is 6.44. The van der Waals surface area contributed by atoms with Crippen LogP contribution in [0.3, 0.4) is 0 Å². The minimum absolute atomic E-state index is 0.00182. The Morgan fingerprint density at radius 3 is 2.82 bits per heavy atom. The molecule has 2 aliphatic rings. The Bertz CT molecular complexity index is 336. The van der Waals surface area contributed by atoms with Crippen LogP contribution in [0.15, 0.2) is 12.2 Å². The lowest BCUT2D eigenvalue weighted by atomic mass is 10.1. The molecular formula is C17H30O5. The highest BCUT2D eigenvalue weighted by Crippen LogP contribution is 2.24. The number of ether oxygens (including phenoxy) is 4. The van der Waals surface area contributed by atoms with Crippen molar-refractivity contribution < 1.29 is 24.1 Å². The predicted molar refractivity (Wildman–Crippen MR) is 83.4 cm³/mol. The van der Waals surface area contributed by atoms with Gasteiger partial charge in [0.05, 0.1) is 12.7 Å². The highest BCUT2D eigenvalue weighted by atomic mass is 16.7. The van der Waals surface area contributed by atoms with Gasteiger partial charge >= 0.3 is 0 Å². The van der Waals surface area contributed by atoms with E-state index in [2.05, 4.69) is 6.08 Å². The van der Waals surface area contributed by atoms with E-state index in [0.717, 1.165) is 45.1 Å². The quantitative estimate of drug-likeness (QED) is 0.551. The van der Waals surface area contributed by atoms with E-state index in [1.165, 1.54) is 0 Å². The van der Waals surface area contributed by atoms with Gasteiger partial charge in [-0.3, -0.25) is 0 Å². The number of hydrogen-bond donors (Lipinski definition) is 1. The average Bonchev–Trinajstić information content (AvgIpc) is 2.85. The zero-order valence-electron chi connectivity index (χ0n) is 13.8. The van der Waals surface area contributed by atoms with Gasteiger partial charge in [-0.2, -0.15) is 0 Å². The molecule has 2 aliphatic heterocycles. The molecule has 0 aromatic heterocycles. The molecule has 5 nitrogen and oxygen atoms in total. The maximum absolute atomic E-state index is 8.94. The van der Waals surface area contributed by atoms with Gasteiger partial charge in [-0.15, -0.1) is 0 Å². The molecule has 2 fully saturated rings. The molecule has 0 aliphatic carbocycles. The first kappa shape index (κ1) is 17.9. The lowest BCUT2D eigenvalue weighted by Crippen LogP contribution is -2.27. The van der Waals surface area contributed by atoms with Crippen LogP contribution in [0.5, 0.6) is 0 Å².